The summed E-state index contributed by atoms with van der Waals surface area (Å²) in [5, 5.41) is 32.5. The number of likely N-dealkylation sites (tertiary alicyclic amines) is 1. The van der Waals surface area contributed by atoms with Gasteiger partial charge in [-0.15, -0.1) is 0 Å². The molecule has 0 saturated carbocycles. The molecule has 7 heteroatoms. The fourth-order valence-corrected chi connectivity index (χ4v) is 6.01. The molecule has 4 aromatic rings. The van der Waals surface area contributed by atoms with Gasteiger partial charge in [-0.3, -0.25) is 4.90 Å². The molecule has 0 spiro atoms. The molecule has 1 heterocycles. The summed E-state index contributed by atoms with van der Waals surface area (Å²) in [7, 11) is 0. The number of hydrogen-bond acceptors (Lipinski definition) is 7. The zero-order valence-corrected chi connectivity index (χ0v) is 25.7. The molecule has 0 unspecified atom stereocenters. The Balaban J connectivity index is 1.52. The number of nitrogens with zero attached hydrogens (tertiary/aromatic N) is 1. The van der Waals surface area contributed by atoms with E-state index in [0.29, 0.717) is 32.5 Å². The average molecular weight is 612 g/mol. The van der Waals surface area contributed by atoms with Crippen LogP contribution in [0.2, 0.25) is 0 Å². The van der Waals surface area contributed by atoms with E-state index in [4.69, 9.17) is 14.2 Å². The van der Waals surface area contributed by atoms with Gasteiger partial charge in [-0.05, 0) is 35.1 Å². The van der Waals surface area contributed by atoms with Crippen molar-refractivity contribution in [1.82, 2.24) is 4.90 Å². The van der Waals surface area contributed by atoms with Gasteiger partial charge in [0.2, 0.25) is 0 Å². The molecule has 7 nitrogen and oxygen atoms in total. The van der Waals surface area contributed by atoms with Gasteiger partial charge >= 0.3 is 0 Å². The Kier molecular flexibility index (Phi) is 12.7. The van der Waals surface area contributed by atoms with Crippen LogP contribution in [0.5, 0.6) is 0 Å². The van der Waals surface area contributed by atoms with Crippen molar-refractivity contribution in [3.05, 3.63) is 144 Å². The average Bonchev–Trinajstić information content (AvgIpc) is 3.09. The van der Waals surface area contributed by atoms with Crippen LogP contribution in [0.15, 0.2) is 121 Å². The molecule has 4 aromatic carbocycles. The van der Waals surface area contributed by atoms with Gasteiger partial charge < -0.3 is 29.5 Å². The summed E-state index contributed by atoms with van der Waals surface area (Å²) in [5.41, 5.74) is 4.07. The lowest BCUT2D eigenvalue weighted by atomic mass is 9.88. The van der Waals surface area contributed by atoms with Crippen LogP contribution in [-0.4, -0.2) is 69.9 Å². The molecular formula is C38H45NO6. The van der Waals surface area contributed by atoms with Gasteiger partial charge in [0, 0.05) is 19.1 Å². The summed E-state index contributed by atoms with van der Waals surface area (Å²) >= 11 is 0. The Morgan fingerprint density at radius 2 is 1.07 bits per heavy atom. The van der Waals surface area contributed by atoms with Gasteiger partial charge in [-0.25, -0.2) is 0 Å². The van der Waals surface area contributed by atoms with Crippen molar-refractivity contribution in [3.63, 3.8) is 0 Å². The standard InChI is InChI=1S/C38H45NO6/c40-25-35(42)37(44-27-31-17-9-3-10-18-31)38(45-28-32-19-11-4-12-20-32)36(43-26-30-15-7-2-8-16-30)34-23-33(41)21-22-39(34)24-29-13-5-1-6-14-29/h1-20,33-38,40-42H,21-28H2/t33-,34+,35-,36-,37-,38-/m1/s1. The maximum absolute atomic E-state index is 11.3. The second kappa shape index (κ2) is 17.3. The van der Waals surface area contributed by atoms with E-state index in [-0.39, 0.29) is 19.3 Å². The maximum atomic E-state index is 11.3. The summed E-state index contributed by atoms with van der Waals surface area (Å²) in [6.07, 6.45) is -2.94. The number of aliphatic hydroxyl groups is 3. The molecular weight excluding hydrogens is 566 g/mol. The number of rotatable bonds is 16. The van der Waals surface area contributed by atoms with E-state index < -0.39 is 37.1 Å². The van der Waals surface area contributed by atoms with Crippen LogP contribution in [-0.2, 0) is 40.6 Å². The monoisotopic (exact) mass is 611 g/mol. The first-order valence-electron chi connectivity index (χ1n) is 15.8. The Labute approximate surface area is 266 Å². The molecule has 1 fully saturated rings. The van der Waals surface area contributed by atoms with Crippen LogP contribution in [0.1, 0.15) is 35.1 Å². The van der Waals surface area contributed by atoms with Crippen LogP contribution < -0.4 is 0 Å². The highest BCUT2D eigenvalue weighted by molar-refractivity contribution is 5.17. The highest BCUT2D eigenvalue weighted by Gasteiger charge is 2.44. The van der Waals surface area contributed by atoms with Gasteiger partial charge in [0.15, 0.2) is 0 Å². The van der Waals surface area contributed by atoms with Crippen LogP contribution in [0.3, 0.4) is 0 Å². The van der Waals surface area contributed by atoms with Crippen molar-refractivity contribution in [1.29, 1.82) is 0 Å². The third-order valence-corrected chi connectivity index (χ3v) is 8.41. The molecule has 0 amide bonds. The zero-order valence-electron chi connectivity index (χ0n) is 25.7. The van der Waals surface area contributed by atoms with E-state index >= 15 is 0 Å². The summed E-state index contributed by atoms with van der Waals surface area (Å²) in [6.45, 7) is 1.64. The van der Waals surface area contributed by atoms with Crippen LogP contribution in [0, 0.1) is 0 Å². The second-order valence-corrected chi connectivity index (χ2v) is 11.7. The SMILES string of the molecule is OC[C@@H](O)[C@@H](OCc1ccccc1)[C@H](OCc1ccccc1)[C@H](OCc1ccccc1)[C@@H]1C[C@H](O)CCN1Cc1ccccc1. The van der Waals surface area contributed by atoms with Crippen molar-refractivity contribution in [2.45, 2.75) is 75.8 Å². The molecule has 238 valence electrons. The Morgan fingerprint density at radius 3 is 1.56 bits per heavy atom. The van der Waals surface area contributed by atoms with Crippen molar-refractivity contribution in [2.24, 2.45) is 0 Å². The number of piperidine rings is 1. The lowest BCUT2D eigenvalue weighted by Crippen LogP contribution is -2.59. The highest BCUT2D eigenvalue weighted by Crippen LogP contribution is 2.31. The molecule has 45 heavy (non-hydrogen) atoms. The Hall–Kier alpha value is -3.40. The van der Waals surface area contributed by atoms with E-state index in [9.17, 15) is 15.3 Å². The smallest absolute Gasteiger partial charge is 0.115 e. The van der Waals surface area contributed by atoms with E-state index in [1.54, 1.807) is 0 Å². The fourth-order valence-electron chi connectivity index (χ4n) is 6.01. The lowest BCUT2D eigenvalue weighted by molar-refractivity contribution is -0.203. The van der Waals surface area contributed by atoms with Crippen molar-refractivity contribution in [3.8, 4) is 0 Å². The third kappa shape index (κ3) is 9.79. The number of benzene rings is 4. The largest absolute Gasteiger partial charge is 0.394 e. The van der Waals surface area contributed by atoms with E-state index in [2.05, 4.69) is 17.0 Å². The summed E-state index contributed by atoms with van der Waals surface area (Å²) in [4.78, 5) is 2.34. The third-order valence-electron chi connectivity index (χ3n) is 8.41. The molecule has 1 aliphatic rings. The minimum Gasteiger partial charge on any atom is -0.394 e. The quantitative estimate of drug-likeness (QED) is 0.162. The molecule has 6 atom stereocenters. The molecule has 5 rings (SSSR count). The number of hydrogen-bond donors (Lipinski definition) is 3. The predicted molar refractivity (Wildman–Crippen MR) is 174 cm³/mol. The summed E-state index contributed by atoms with van der Waals surface area (Å²) < 4.78 is 20.0. The van der Waals surface area contributed by atoms with E-state index in [1.165, 1.54) is 0 Å². The number of aliphatic hydroxyl groups excluding tert-OH is 3. The van der Waals surface area contributed by atoms with Gasteiger partial charge in [-0.1, -0.05) is 121 Å². The maximum Gasteiger partial charge on any atom is 0.115 e. The minimum atomic E-state index is -1.23. The molecule has 1 saturated heterocycles. The summed E-state index contributed by atoms with van der Waals surface area (Å²) in [6, 6.07) is 39.6. The second-order valence-electron chi connectivity index (χ2n) is 11.7. The van der Waals surface area contributed by atoms with Crippen LogP contribution >= 0.6 is 0 Å². The predicted octanol–water partition coefficient (Wildman–Crippen LogP) is 5.12. The van der Waals surface area contributed by atoms with E-state index in [1.807, 2.05) is 109 Å². The Morgan fingerprint density at radius 1 is 0.622 bits per heavy atom. The lowest BCUT2D eigenvalue weighted by Gasteiger charge is -2.46. The first kappa shape index (κ1) is 33.0. The van der Waals surface area contributed by atoms with E-state index in [0.717, 1.165) is 22.3 Å². The number of ether oxygens (including phenoxy) is 3. The normalized spacial score (nSPS) is 19.9. The fraction of sp³-hybridized carbons (Fsp3) is 0.368. The van der Waals surface area contributed by atoms with Crippen LogP contribution in [0.4, 0.5) is 0 Å². The highest BCUT2D eigenvalue weighted by atomic mass is 16.6. The van der Waals surface area contributed by atoms with Gasteiger partial charge in [0.05, 0.1) is 32.5 Å². The molecule has 0 radical (unpaired) electrons. The zero-order chi connectivity index (χ0) is 31.3. The van der Waals surface area contributed by atoms with Gasteiger partial charge in [0.25, 0.3) is 0 Å². The Bertz CT molecular complexity index is 1360. The van der Waals surface area contributed by atoms with Crippen molar-refractivity contribution in [2.75, 3.05) is 13.2 Å². The molecule has 0 aliphatic carbocycles. The molecule has 1 aliphatic heterocycles. The molecule has 3 N–H and O–H groups in total. The first-order chi connectivity index (χ1) is 22.1. The van der Waals surface area contributed by atoms with Gasteiger partial charge in [0.1, 0.15) is 24.4 Å². The van der Waals surface area contributed by atoms with Crippen molar-refractivity contribution < 1.29 is 29.5 Å². The van der Waals surface area contributed by atoms with Crippen molar-refractivity contribution >= 4 is 0 Å². The first-order valence-corrected chi connectivity index (χ1v) is 15.8. The van der Waals surface area contributed by atoms with Crippen LogP contribution in [0.25, 0.3) is 0 Å². The molecule has 0 bridgehead atoms. The van der Waals surface area contributed by atoms with Gasteiger partial charge in [-0.2, -0.15) is 0 Å². The minimum absolute atomic E-state index is 0.222. The molecule has 0 aromatic heterocycles. The topological polar surface area (TPSA) is 91.6 Å². The summed E-state index contributed by atoms with van der Waals surface area (Å²) in [5.74, 6) is 0.